The second kappa shape index (κ2) is 8.49. The van der Waals surface area contributed by atoms with E-state index >= 15 is 0 Å². The van der Waals surface area contributed by atoms with Gasteiger partial charge in [-0.3, -0.25) is 14.9 Å². The summed E-state index contributed by atoms with van der Waals surface area (Å²) in [6.45, 7) is 5.40. The Hall–Kier alpha value is -1.86. The standard InChI is InChI=1S/C19H26N4O2/c1-16-12-25-15-19(14-24,13-21-10-18-9-20-7-8-22-18)23(16)11-17-5-3-2-4-6-17/h2-9,16,21,24H,10-15H2,1H3/t16-,19+/m1/s1. The minimum Gasteiger partial charge on any atom is -0.394 e. The maximum atomic E-state index is 10.2. The third-order valence-electron chi connectivity index (χ3n) is 4.74. The number of aliphatic hydroxyl groups excluding tert-OH is 1. The van der Waals surface area contributed by atoms with E-state index in [2.05, 4.69) is 39.2 Å². The van der Waals surface area contributed by atoms with Gasteiger partial charge in [0.1, 0.15) is 0 Å². The Morgan fingerprint density at radius 3 is 2.88 bits per heavy atom. The molecular weight excluding hydrogens is 316 g/mol. The second-order valence-corrected chi connectivity index (χ2v) is 6.66. The van der Waals surface area contributed by atoms with E-state index in [0.29, 0.717) is 26.3 Å². The molecule has 2 heterocycles. The fraction of sp³-hybridized carbons (Fsp3) is 0.474. The van der Waals surface area contributed by atoms with Crippen LogP contribution >= 0.6 is 0 Å². The lowest BCUT2D eigenvalue weighted by Crippen LogP contribution is -2.66. The molecule has 1 aromatic heterocycles. The number of hydrogen-bond acceptors (Lipinski definition) is 6. The molecule has 1 aromatic carbocycles. The van der Waals surface area contributed by atoms with Gasteiger partial charge in [-0.2, -0.15) is 0 Å². The highest BCUT2D eigenvalue weighted by atomic mass is 16.5. The third-order valence-corrected chi connectivity index (χ3v) is 4.74. The topological polar surface area (TPSA) is 70.5 Å². The first-order valence-corrected chi connectivity index (χ1v) is 8.68. The van der Waals surface area contributed by atoms with Crippen LogP contribution in [0.25, 0.3) is 0 Å². The first-order valence-electron chi connectivity index (χ1n) is 8.68. The number of nitrogens with zero attached hydrogens (tertiary/aromatic N) is 3. The maximum absolute atomic E-state index is 10.2. The number of morpholine rings is 1. The second-order valence-electron chi connectivity index (χ2n) is 6.66. The van der Waals surface area contributed by atoms with Gasteiger partial charge in [0, 0.05) is 44.3 Å². The molecule has 0 bridgehead atoms. The smallest absolute Gasteiger partial charge is 0.0807 e. The Kier molecular flexibility index (Phi) is 6.09. The minimum absolute atomic E-state index is 0.0393. The van der Waals surface area contributed by atoms with Crippen molar-refractivity contribution in [2.24, 2.45) is 0 Å². The normalized spacial score (nSPS) is 24.3. The van der Waals surface area contributed by atoms with Crippen molar-refractivity contribution >= 4 is 0 Å². The van der Waals surface area contributed by atoms with Gasteiger partial charge in [0.25, 0.3) is 0 Å². The van der Waals surface area contributed by atoms with Crippen LogP contribution in [-0.2, 0) is 17.8 Å². The molecule has 0 radical (unpaired) electrons. The van der Waals surface area contributed by atoms with E-state index in [-0.39, 0.29) is 12.6 Å². The molecule has 25 heavy (non-hydrogen) atoms. The zero-order valence-electron chi connectivity index (χ0n) is 14.6. The number of hydrogen-bond donors (Lipinski definition) is 2. The summed E-state index contributed by atoms with van der Waals surface area (Å²) in [7, 11) is 0. The molecule has 2 N–H and O–H groups in total. The van der Waals surface area contributed by atoms with Crippen LogP contribution in [0.3, 0.4) is 0 Å². The van der Waals surface area contributed by atoms with Gasteiger partial charge >= 0.3 is 0 Å². The van der Waals surface area contributed by atoms with Crippen LogP contribution in [0.2, 0.25) is 0 Å². The van der Waals surface area contributed by atoms with Gasteiger partial charge in [0.15, 0.2) is 0 Å². The van der Waals surface area contributed by atoms with E-state index in [1.165, 1.54) is 5.56 Å². The molecule has 1 saturated heterocycles. The van der Waals surface area contributed by atoms with Gasteiger partial charge < -0.3 is 15.2 Å². The zero-order valence-corrected chi connectivity index (χ0v) is 14.6. The molecule has 0 spiro atoms. The predicted molar refractivity (Wildman–Crippen MR) is 95.8 cm³/mol. The van der Waals surface area contributed by atoms with E-state index in [4.69, 9.17) is 4.74 Å². The molecule has 1 aliphatic heterocycles. The van der Waals surface area contributed by atoms with Crippen molar-refractivity contribution in [3.8, 4) is 0 Å². The quantitative estimate of drug-likeness (QED) is 0.788. The van der Waals surface area contributed by atoms with Crippen molar-refractivity contribution in [1.82, 2.24) is 20.2 Å². The summed E-state index contributed by atoms with van der Waals surface area (Å²) in [5.74, 6) is 0. The van der Waals surface area contributed by atoms with Crippen molar-refractivity contribution < 1.29 is 9.84 Å². The van der Waals surface area contributed by atoms with Crippen molar-refractivity contribution in [3.05, 3.63) is 60.2 Å². The van der Waals surface area contributed by atoms with Crippen molar-refractivity contribution in [3.63, 3.8) is 0 Å². The molecule has 0 saturated carbocycles. The summed E-state index contributed by atoms with van der Waals surface area (Å²) in [5.41, 5.74) is 1.67. The van der Waals surface area contributed by atoms with Gasteiger partial charge in [-0.05, 0) is 12.5 Å². The van der Waals surface area contributed by atoms with Crippen LogP contribution in [0.5, 0.6) is 0 Å². The third kappa shape index (κ3) is 4.41. The lowest BCUT2D eigenvalue weighted by molar-refractivity contribution is -0.122. The van der Waals surface area contributed by atoms with Crippen molar-refractivity contribution in [2.75, 3.05) is 26.4 Å². The molecule has 1 fully saturated rings. The lowest BCUT2D eigenvalue weighted by Gasteiger charge is -2.49. The number of benzene rings is 1. The Balaban J connectivity index is 1.70. The van der Waals surface area contributed by atoms with Crippen molar-refractivity contribution in [1.29, 1.82) is 0 Å². The highest BCUT2D eigenvalue weighted by molar-refractivity contribution is 5.16. The molecule has 0 aliphatic carbocycles. The monoisotopic (exact) mass is 342 g/mol. The average Bonchev–Trinajstić information content (AvgIpc) is 2.66. The average molecular weight is 342 g/mol. The van der Waals surface area contributed by atoms with E-state index in [9.17, 15) is 5.11 Å². The summed E-state index contributed by atoms with van der Waals surface area (Å²) in [6, 6.07) is 10.6. The van der Waals surface area contributed by atoms with E-state index in [1.54, 1.807) is 18.6 Å². The fourth-order valence-electron chi connectivity index (χ4n) is 3.35. The Bertz CT molecular complexity index is 640. The van der Waals surface area contributed by atoms with Gasteiger partial charge in [0.2, 0.25) is 0 Å². The van der Waals surface area contributed by atoms with Crippen LogP contribution in [0, 0.1) is 0 Å². The summed E-state index contributed by atoms with van der Waals surface area (Å²) < 4.78 is 5.79. The van der Waals surface area contributed by atoms with Crippen LogP contribution in [-0.4, -0.2) is 57.9 Å². The molecule has 2 atom stereocenters. The number of rotatable bonds is 7. The molecular formula is C19H26N4O2. The van der Waals surface area contributed by atoms with Gasteiger partial charge in [-0.25, -0.2) is 0 Å². The van der Waals surface area contributed by atoms with Crippen LogP contribution in [0.4, 0.5) is 0 Å². The Morgan fingerprint density at radius 1 is 1.32 bits per heavy atom. The van der Waals surface area contributed by atoms with E-state index in [0.717, 1.165) is 12.2 Å². The van der Waals surface area contributed by atoms with Gasteiger partial charge in [-0.1, -0.05) is 30.3 Å². The predicted octanol–water partition coefficient (Wildman–Crippen LogP) is 1.22. The maximum Gasteiger partial charge on any atom is 0.0807 e. The highest BCUT2D eigenvalue weighted by Crippen LogP contribution is 2.26. The number of aliphatic hydroxyl groups is 1. The summed E-state index contributed by atoms with van der Waals surface area (Å²) in [6.07, 6.45) is 5.10. The van der Waals surface area contributed by atoms with E-state index in [1.807, 2.05) is 18.2 Å². The zero-order chi connectivity index (χ0) is 17.5. The fourth-order valence-corrected chi connectivity index (χ4v) is 3.35. The molecule has 3 rings (SSSR count). The molecule has 1 aliphatic rings. The number of ether oxygens (including phenoxy) is 1. The van der Waals surface area contributed by atoms with Crippen LogP contribution < -0.4 is 5.32 Å². The highest BCUT2D eigenvalue weighted by Gasteiger charge is 2.42. The molecule has 6 nitrogen and oxygen atoms in total. The number of aromatic nitrogens is 2. The first kappa shape index (κ1) is 17.9. The van der Waals surface area contributed by atoms with Crippen molar-refractivity contribution in [2.45, 2.75) is 31.6 Å². The minimum atomic E-state index is -0.449. The Labute approximate surface area is 148 Å². The SMILES string of the molecule is C[C@@H]1COC[C@@](CO)(CNCc2cnccn2)N1Cc1ccccc1. The van der Waals surface area contributed by atoms with Crippen LogP contribution in [0.1, 0.15) is 18.2 Å². The molecule has 134 valence electrons. The summed E-state index contributed by atoms with van der Waals surface area (Å²) >= 11 is 0. The summed E-state index contributed by atoms with van der Waals surface area (Å²) in [5, 5.41) is 13.6. The largest absolute Gasteiger partial charge is 0.394 e. The molecule has 0 unspecified atom stereocenters. The van der Waals surface area contributed by atoms with E-state index < -0.39 is 5.54 Å². The molecule has 6 heteroatoms. The van der Waals surface area contributed by atoms with Gasteiger partial charge in [-0.15, -0.1) is 0 Å². The Morgan fingerprint density at radius 2 is 2.16 bits per heavy atom. The first-order chi connectivity index (χ1) is 12.2. The molecule has 0 amide bonds. The lowest BCUT2D eigenvalue weighted by atomic mass is 9.94. The van der Waals surface area contributed by atoms with Crippen LogP contribution in [0.15, 0.2) is 48.9 Å². The summed E-state index contributed by atoms with van der Waals surface area (Å²) in [4.78, 5) is 10.7. The number of nitrogens with one attached hydrogen (secondary N) is 1. The van der Waals surface area contributed by atoms with Gasteiger partial charge in [0.05, 0.1) is 31.1 Å². The molecule has 2 aromatic rings.